The Morgan fingerprint density at radius 2 is 1.24 bits per heavy atom. The smallest absolute Gasteiger partial charge is 0.416 e. The first-order valence-corrected chi connectivity index (χ1v) is 13.8. The van der Waals surface area contributed by atoms with Crippen molar-refractivity contribution in [2.45, 2.75) is 18.7 Å². The van der Waals surface area contributed by atoms with Crippen molar-refractivity contribution in [3.8, 4) is 0 Å². The van der Waals surface area contributed by atoms with Gasteiger partial charge in [0.15, 0.2) is 4.91 Å². The molecule has 0 aliphatic carbocycles. The summed E-state index contributed by atoms with van der Waals surface area (Å²) in [6.45, 7) is 1.32. The molecule has 1 aliphatic rings. The molecule has 1 heterocycles. The second-order valence-corrected chi connectivity index (χ2v) is 11.2. The number of hydrogen-bond acceptors (Lipinski definition) is 4. The lowest BCUT2D eigenvalue weighted by Gasteiger charge is -2.41. The highest BCUT2D eigenvalue weighted by Gasteiger charge is 2.45. The van der Waals surface area contributed by atoms with Gasteiger partial charge >= 0.3 is 12.4 Å². The average Bonchev–Trinajstić information content (AvgIpc) is 2.94. The molecule has 1 amide bonds. The van der Waals surface area contributed by atoms with Crippen LogP contribution in [-0.4, -0.2) is 26.6 Å². The third-order valence-electron chi connectivity index (χ3n) is 6.66. The number of hydrogen-bond donors (Lipinski definition) is 2. The molecular formula is C30H27BN2O4S. The molecule has 8 heteroatoms. The molecule has 4 aromatic rings. The highest BCUT2D eigenvalue weighted by atomic mass is 32.2. The van der Waals surface area contributed by atoms with E-state index in [4.69, 9.17) is 4.65 Å². The lowest BCUT2D eigenvalue weighted by molar-refractivity contribution is -0.325. The molecule has 0 atom stereocenters. The fourth-order valence-electron chi connectivity index (χ4n) is 4.76. The Balaban J connectivity index is 1.73. The molecule has 0 saturated carbocycles. The minimum absolute atomic E-state index is 0.0656. The summed E-state index contributed by atoms with van der Waals surface area (Å²) in [6, 6.07) is 34.3. The van der Waals surface area contributed by atoms with E-state index in [2.05, 4.69) is 10.2 Å². The van der Waals surface area contributed by atoms with Gasteiger partial charge in [0.1, 0.15) is 0 Å². The first kappa shape index (κ1) is 25.2. The minimum atomic E-state index is -4.07. The van der Waals surface area contributed by atoms with Crippen LogP contribution in [0, 0.1) is 6.92 Å². The van der Waals surface area contributed by atoms with E-state index in [1.807, 2.05) is 73.7 Å². The monoisotopic (exact) mass is 522 g/mol. The van der Waals surface area contributed by atoms with Gasteiger partial charge in [0.05, 0.1) is 16.2 Å². The van der Waals surface area contributed by atoms with Crippen molar-refractivity contribution in [3.05, 3.63) is 137 Å². The summed E-state index contributed by atoms with van der Waals surface area (Å²) < 4.78 is 34.5. The van der Waals surface area contributed by atoms with Crippen LogP contribution in [0.25, 0.3) is 0 Å². The number of carbonyl (C=O) groups is 1. The zero-order chi connectivity index (χ0) is 26.8. The third kappa shape index (κ3) is 4.66. The van der Waals surface area contributed by atoms with E-state index < -0.39 is 22.2 Å². The average molecular weight is 522 g/mol. The fraction of sp³-hybridized carbons (Fsp3) is 0.0667. The number of benzene rings is 4. The van der Waals surface area contributed by atoms with Gasteiger partial charge in [-0.25, -0.2) is 18.5 Å². The van der Waals surface area contributed by atoms with E-state index in [0.29, 0.717) is 5.56 Å². The molecule has 0 saturated heterocycles. The predicted molar refractivity (Wildman–Crippen MR) is 150 cm³/mol. The van der Waals surface area contributed by atoms with Gasteiger partial charge in [-0.05, 0) is 38.1 Å². The molecule has 1 aliphatic heterocycles. The number of amides is 1. The minimum Gasteiger partial charge on any atom is -0.674 e. The van der Waals surface area contributed by atoms with Crippen LogP contribution >= 0.6 is 0 Å². The van der Waals surface area contributed by atoms with E-state index >= 15 is 0 Å². The van der Waals surface area contributed by atoms with Crippen molar-refractivity contribution in [2.75, 3.05) is 0 Å². The van der Waals surface area contributed by atoms with Gasteiger partial charge in [0, 0.05) is 0 Å². The van der Waals surface area contributed by atoms with Crippen molar-refractivity contribution < 1.29 is 22.8 Å². The molecule has 190 valence electrons. The van der Waals surface area contributed by atoms with E-state index in [9.17, 15) is 13.2 Å². The van der Waals surface area contributed by atoms with Crippen LogP contribution in [0.2, 0.25) is 0 Å². The van der Waals surface area contributed by atoms with Gasteiger partial charge in [-0.1, -0.05) is 96.6 Å². The zero-order valence-electron chi connectivity index (χ0n) is 21.1. The topological polar surface area (TPSA) is 86.4 Å². The Bertz CT molecular complexity index is 1600. The van der Waals surface area contributed by atoms with Crippen LogP contribution in [0.4, 0.5) is 0 Å². The van der Waals surface area contributed by atoms with Gasteiger partial charge in [-0.2, -0.15) is 0 Å². The largest absolute Gasteiger partial charge is 0.674 e. The SMILES string of the molecule is CC1=C(S(=O)(=O)c2ccc(C)cc2)C(NC(=O)c2ccccc2)=[NH+][B-](c2ccccc2)(c2ccccc2)O1. The number of aryl methyl sites for hydroxylation is 1. The fourth-order valence-corrected chi connectivity index (χ4v) is 6.30. The van der Waals surface area contributed by atoms with Crippen LogP contribution in [0.3, 0.4) is 0 Å². The Morgan fingerprint density at radius 1 is 0.737 bits per heavy atom. The summed E-state index contributed by atoms with van der Waals surface area (Å²) >= 11 is 0. The van der Waals surface area contributed by atoms with Gasteiger partial charge in [0.2, 0.25) is 9.84 Å². The molecular weight excluding hydrogens is 495 g/mol. The molecule has 0 radical (unpaired) electrons. The molecule has 2 N–H and O–H groups in total. The number of sulfone groups is 1. The van der Waals surface area contributed by atoms with Crippen LogP contribution in [0.1, 0.15) is 22.8 Å². The number of amidine groups is 1. The molecule has 4 aromatic carbocycles. The van der Waals surface area contributed by atoms with Crippen molar-refractivity contribution in [1.82, 2.24) is 5.32 Å². The normalized spacial score (nSPS) is 14.8. The summed E-state index contributed by atoms with van der Waals surface area (Å²) in [5.74, 6) is -0.193. The molecule has 0 bridgehead atoms. The number of carbonyl (C=O) groups excluding carboxylic acids is 1. The Kier molecular flexibility index (Phi) is 6.74. The first-order valence-electron chi connectivity index (χ1n) is 12.3. The van der Waals surface area contributed by atoms with Crippen molar-refractivity contribution in [1.29, 1.82) is 0 Å². The van der Waals surface area contributed by atoms with Crippen molar-refractivity contribution >= 4 is 39.0 Å². The Labute approximate surface area is 222 Å². The lowest BCUT2D eigenvalue weighted by Crippen LogP contribution is -3.03. The second kappa shape index (κ2) is 10.1. The molecule has 5 rings (SSSR count). The summed E-state index contributed by atoms with van der Waals surface area (Å²) in [5.41, 5.74) is 2.94. The zero-order valence-corrected chi connectivity index (χ0v) is 21.9. The predicted octanol–water partition coefficient (Wildman–Crippen LogP) is 2.20. The summed E-state index contributed by atoms with van der Waals surface area (Å²) in [5, 5.41) is 2.86. The van der Waals surface area contributed by atoms with Crippen LogP contribution in [0.5, 0.6) is 0 Å². The maximum atomic E-state index is 14.0. The quantitative estimate of drug-likeness (QED) is 0.394. The maximum Gasteiger partial charge on any atom is 0.416 e. The number of nitrogens with one attached hydrogen (secondary N) is 2. The van der Waals surface area contributed by atoms with Crippen molar-refractivity contribution in [3.63, 3.8) is 0 Å². The Morgan fingerprint density at radius 3 is 1.76 bits per heavy atom. The molecule has 0 unspecified atom stereocenters. The lowest BCUT2D eigenvalue weighted by atomic mass is 9.42. The van der Waals surface area contributed by atoms with Crippen molar-refractivity contribution in [2.24, 2.45) is 0 Å². The van der Waals surface area contributed by atoms with E-state index in [0.717, 1.165) is 16.5 Å². The second-order valence-electron chi connectivity index (χ2n) is 9.27. The Hall–Kier alpha value is -4.43. The van der Waals surface area contributed by atoms with E-state index in [-0.39, 0.29) is 21.4 Å². The van der Waals surface area contributed by atoms with Gasteiger partial charge in [0.25, 0.3) is 5.84 Å². The molecule has 0 fully saturated rings. The molecule has 6 nitrogen and oxygen atoms in total. The van der Waals surface area contributed by atoms with E-state index in [1.54, 1.807) is 55.5 Å². The van der Waals surface area contributed by atoms with Crippen LogP contribution in [0.15, 0.2) is 131 Å². The standard InChI is InChI=1S/C30H27BN2O4S/c1-22-18-20-27(21-19-22)38(35,36)28-23(2)37-31(25-14-8-4-9-15-25,26-16-10-5-11-17-26)33-29(28)32-30(34)24-12-6-3-7-13-24/h3-21,33H,1-2H3,(H,32,34). The van der Waals surface area contributed by atoms with Crippen LogP contribution < -0.4 is 21.1 Å². The molecule has 0 spiro atoms. The number of rotatable bonds is 5. The van der Waals surface area contributed by atoms with Gasteiger partial charge in [-0.3, -0.25) is 0 Å². The maximum absolute atomic E-state index is 14.0. The van der Waals surface area contributed by atoms with E-state index in [1.165, 1.54) is 0 Å². The van der Waals surface area contributed by atoms with Gasteiger partial charge in [-0.15, -0.1) is 10.9 Å². The first-order chi connectivity index (χ1) is 18.3. The highest BCUT2D eigenvalue weighted by molar-refractivity contribution is 7.96. The van der Waals surface area contributed by atoms with Crippen LogP contribution in [-0.2, 0) is 14.5 Å². The summed E-state index contributed by atoms with van der Waals surface area (Å²) in [4.78, 5) is 16.7. The summed E-state index contributed by atoms with van der Waals surface area (Å²) in [6.07, 6.45) is 0. The molecule has 0 aromatic heterocycles. The molecule has 38 heavy (non-hydrogen) atoms. The third-order valence-corrected chi connectivity index (χ3v) is 8.58. The number of allylic oxidation sites excluding steroid dienone is 1. The summed E-state index contributed by atoms with van der Waals surface area (Å²) in [7, 11) is -4.07. The highest BCUT2D eigenvalue weighted by Crippen LogP contribution is 2.26. The van der Waals surface area contributed by atoms with Gasteiger partial charge < -0.3 is 9.56 Å².